The first kappa shape index (κ1) is 15.5. The molecule has 0 unspecified atom stereocenters. The van der Waals surface area contributed by atoms with Crippen LogP contribution in [0.1, 0.15) is 21.7 Å². The summed E-state index contributed by atoms with van der Waals surface area (Å²) in [6.45, 7) is 1.73. The Morgan fingerprint density at radius 3 is 2.62 bits per heavy atom. The number of H-pyrrole nitrogens is 1. The second kappa shape index (κ2) is 6.41. The van der Waals surface area contributed by atoms with Crippen molar-refractivity contribution in [3.05, 3.63) is 76.0 Å². The van der Waals surface area contributed by atoms with Gasteiger partial charge in [-0.15, -0.1) is 0 Å². The summed E-state index contributed by atoms with van der Waals surface area (Å²) in [5, 5.41) is 3.95. The van der Waals surface area contributed by atoms with Crippen molar-refractivity contribution in [3.63, 3.8) is 0 Å². The zero-order valence-corrected chi connectivity index (χ0v) is 13.4. The summed E-state index contributed by atoms with van der Waals surface area (Å²) in [5.41, 5.74) is 4.67. The van der Waals surface area contributed by atoms with Crippen LogP contribution in [0.2, 0.25) is 0 Å². The number of nitrogens with zero attached hydrogens (tertiary/aromatic N) is 3. The fraction of sp³-hybridized carbons (Fsp3) is 0.118. The molecule has 2 N–H and O–H groups in total. The molecule has 0 saturated carbocycles. The van der Waals surface area contributed by atoms with Crippen molar-refractivity contribution >= 4 is 12.1 Å². The number of carbonyl (C=O) groups excluding carboxylic acids is 1. The largest absolute Gasteiger partial charge is 0.357 e. The molecule has 0 saturated heterocycles. The number of hydrogen-bond acceptors (Lipinski definition) is 3. The summed E-state index contributed by atoms with van der Waals surface area (Å²) in [6, 6.07) is 12.7. The Morgan fingerprint density at radius 1 is 1.21 bits per heavy atom. The van der Waals surface area contributed by atoms with Gasteiger partial charge in [-0.1, -0.05) is 18.2 Å². The molecule has 1 aromatic carbocycles. The number of hydrogen-bond donors (Lipinski definition) is 2. The predicted molar refractivity (Wildman–Crippen MR) is 91.6 cm³/mol. The molecule has 2 heterocycles. The third kappa shape index (κ3) is 2.79. The molecule has 0 aliphatic heterocycles. The highest BCUT2D eigenvalue weighted by molar-refractivity contribution is 5.93. The van der Waals surface area contributed by atoms with E-state index in [-0.39, 0.29) is 11.5 Å². The molecule has 0 aliphatic rings. The quantitative estimate of drug-likeness (QED) is 0.564. The lowest BCUT2D eigenvalue weighted by Gasteiger charge is -2.07. The molecule has 0 aliphatic carbocycles. The highest BCUT2D eigenvalue weighted by atomic mass is 16.2. The number of carbonyl (C=O) groups is 1. The van der Waals surface area contributed by atoms with E-state index in [4.69, 9.17) is 0 Å². The van der Waals surface area contributed by atoms with Crippen molar-refractivity contribution < 1.29 is 4.79 Å². The minimum Gasteiger partial charge on any atom is -0.357 e. The van der Waals surface area contributed by atoms with Gasteiger partial charge >= 0.3 is 0 Å². The number of amides is 1. The summed E-state index contributed by atoms with van der Waals surface area (Å²) >= 11 is 0. The van der Waals surface area contributed by atoms with E-state index in [1.165, 1.54) is 6.21 Å². The van der Waals surface area contributed by atoms with E-state index in [1.54, 1.807) is 41.7 Å². The van der Waals surface area contributed by atoms with Gasteiger partial charge in [0, 0.05) is 18.8 Å². The summed E-state index contributed by atoms with van der Waals surface area (Å²) in [5.74, 6) is -0.346. The smallest absolute Gasteiger partial charge is 0.287 e. The van der Waals surface area contributed by atoms with Crippen molar-refractivity contribution in [1.29, 1.82) is 0 Å². The molecule has 24 heavy (non-hydrogen) atoms. The van der Waals surface area contributed by atoms with Crippen LogP contribution in [-0.2, 0) is 7.05 Å². The van der Waals surface area contributed by atoms with Crippen LogP contribution >= 0.6 is 0 Å². The summed E-state index contributed by atoms with van der Waals surface area (Å²) in [4.78, 5) is 27.1. The van der Waals surface area contributed by atoms with Gasteiger partial charge in [-0.25, -0.2) is 10.1 Å². The summed E-state index contributed by atoms with van der Waals surface area (Å²) in [7, 11) is 1.77. The van der Waals surface area contributed by atoms with Gasteiger partial charge in [0.05, 0.1) is 17.6 Å². The first-order valence-corrected chi connectivity index (χ1v) is 7.40. The Morgan fingerprint density at radius 2 is 1.96 bits per heavy atom. The van der Waals surface area contributed by atoms with Crippen LogP contribution < -0.4 is 11.0 Å². The van der Waals surface area contributed by atoms with Gasteiger partial charge in [-0.3, -0.25) is 14.3 Å². The second-order valence-electron chi connectivity index (χ2n) is 5.27. The van der Waals surface area contributed by atoms with Crippen molar-refractivity contribution in [2.75, 3.05) is 0 Å². The molecule has 2 aromatic heterocycles. The van der Waals surface area contributed by atoms with E-state index in [0.717, 1.165) is 5.69 Å². The van der Waals surface area contributed by atoms with E-state index in [0.29, 0.717) is 17.0 Å². The lowest BCUT2D eigenvalue weighted by atomic mass is 10.3. The van der Waals surface area contributed by atoms with Crippen molar-refractivity contribution in [2.45, 2.75) is 6.92 Å². The van der Waals surface area contributed by atoms with E-state index in [2.05, 4.69) is 15.5 Å². The van der Waals surface area contributed by atoms with Crippen LogP contribution in [-0.4, -0.2) is 26.5 Å². The second-order valence-corrected chi connectivity index (χ2v) is 5.27. The summed E-state index contributed by atoms with van der Waals surface area (Å²) < 4.78 is 3.26. The van der Waals surface area contributed by atoms with Gasteiger partial charge in [0.15, 0.2) is 0 Å². The number of rotatable bonds is 4. The van der Waals surface area contributed by atoms with Crippen LogP contribution in [0.25, 0.3) is 5.69 Å². The lowest BCUT2D eigenvalue weighted by molar-refractivity contribution is 0.0951. The molecule has 122 valence electrons. The fourth-order valence-corrected chi connectivity index (χ4v) is 2.48. The van der Waals surface area contributed by atoms with Crippen molar-refractivity contribution in [1.82, 2.24) is 19.8 Å². The maximum Gasteiger partial charge on any atom is 0.287 e. The van der Waals surface area contributed by atoms with Crippen LogP contribution in [0.4, 0.5) is 0 Å². The SMILES string of the molecule is Cc1c(/C=N\NC(=O)c2ccc[nH]2)n(C)n(-c2ccccc2)c1=O. The number of hydrazone groups is 1. The summed E-state index contributed by atoms with van der Waals surface area (Å²) in [6.07, 6.45) is 3.13. The first-order chi connectivity index (χ1) is 11.6. The average molecular weight is 323 g/mol. The van der Waals surface area contributed by atoms with Crippen molar-refractivity contribution in [2.24, 2.45) is 12.1 Å². The molecule has 0 bridgehead atoms. The minimum absolute atomic E-state index is 0.124. The molecule has 7 nitrogen and oxygen atoms in total. The molecule has 0 spiro atoms. The van der Waals surface area contributed by atoms with E-state index in [1.807, 2.05) is 30.3 Å². The third-order valence-corrected chi connectivity index (χ3v) is 3.74. The van der Waals surface area contributed by atoms with Crippen LogP contribution in [0.3, 0.4) is 0 Å². The van der Waals surface area contributed by atoms with E-state index >= 15 is 0 Å². The normalized spacial score (nSPS) is 11.1. The highest BCUT2D eigenvalue weighted by Gasteiger charge is 2.14. The number of aromatic nitrogens is 3. The topological polar surface area (TPSA) is 84.2 Å². The van der Waals surface area contributed by atoms with Crippen LogP contribution in [0.5, 0.6) is 0 Å². The van der Waals surface area contributed by atoms with Gasteiger partial charge in [0.2, 0.25) is 0 Å². The Labute approximate surface area is 138 Å². The van der Waals surface area contributed by atoms with Crippen LogP contribution in [0.15, 0.2) is 58.6 Å². The zero-order valence-electron chi connectivity index (χ0n) is 13.4. The molecular weight excluding hydrogens is 306 g/mol. The fourth-order valence-electron chi connectivity index (χ4n) is 2.48. The van der Waals surface area contributed by atoms with Crippen LogP contribution in [0, 0.1) is 6.92 Å². The van der Waals surface area contributed by atoms with Crippen molar-refractivity contribution in [3.8, 4) is 5.69 Å². The Hall–Kier alpha value is -3.35. The van der Waals surface area contributed by atoms with E-state index < -0.39 is 0 Å². The Balaban J connectivity index is 1.88. The molecule has 0 fully saturated rings. The molecule has 1 amide bonds. The molecule has 3 aromatic rings. The highest BCUT2D eigenvalue weighted by Crippen LogP contribution is 2.08. The Bertz CT molecular complexity index is 934. The first-order valence-electron chi connectivity index (χ1n) is 7.40. The maximum atomic E-state index is 12.5. The standard InChI is InChI=1S/C17H17N5O2/c1-12-15(11-19-20-16(23)14-9-6-10-18-14)21(2)22(17(12)24)13-7-4-3-5-8-13/h3-11,18H,1-2H3,(H,20,23)/b19-11-. The number of aromatic amines is 1. The third-order valence-electron chi connectivity index (χ3n) is 3.74. The zero-order chi connectivity index (χ0) is 17.1. The number of nitrogens with one attached hydrogen (secondary N) is 2. The van der Waals surface area contributed by atoms with Gasteiger partial charge in [0.25, 0.3) is 11.5 Å². The van der Waals surface area contributed by atoms with Gasteiger partial charge in [-0.2, -0.15) is 5.10 Å². The molecule has 7 heteroatoms. The number of para-hydroxylation sites is 1. The maximum absolute atomic E-state index is 12.5. The van der Waals surface area contributed by atoms with E-state index in [9.17, 15) is 9.59 Å². The van der Waals surface area contributed by atoms with Gasteiger partial charge in [0.1, 0.15) is 5.69 Å². The number of benzene rings is 1. The molecule has 0 atom stereocenters. The molecule has 3 rings (SSSR count). The van der Waals surface area contributed by atoms with Gasteiger partial charge < -0.3 is 4.98 Å². The monoisotopic (exact) mass is 323 g/mol. The minimum atomic E-state index is -0.346. The lowest BCUT2D eigenvalue weighted by Crippen LogP contribution is -2.20. The Kier molecular flexibility index (Phi) is 4.15. The predicted octanol–water partition coefficient (Wildman–Crippen LogP) is 1.58. The average Bonchev–Trinajstić information content (AvgIpc) is 3.19. The molecular formula is C17H17N5O2. The molecule has 0 radical (unpaired) electrons. The van der Waals surface area contributed by atoms with Gasteiger partial charge in [-0.05, 0) is 31.2 Å².